The summed E-state index contributed by atoms with van der Waals surface area (Å²) in [6.07, 6.45) is 11.5. The van der Waals surface area contributed by atoms with Gasteiger partial charge in [-0.3, -0.25) is 9.59 Å². The van der Waals surface area contributed by atoms with Crippen LogP contribution in [0.15, 0.2) is 17.5 Å². The number of rotatable bonds is 6. The van der Waals surface area contributed by atoms with Gasteiger partial charge in [-0.1, -0.05) is 51.0 Å². The topological polar surface area (TPSA) is 49.4 Å². The highest BCUT2D eigenvalue weighted by Gasteiger charge is 2.47. The van der Waals surface area contributed by atoms with Crippen molar-refractivity contribution in [3.8, 4) is 0 Å². The number of nitrogens with zero attached hydrogens (tertiary/aromatic N) is 1. The molecule has 6 heteroatoms. The zero-order chi connectivity index (χ0) is 19.1. The second-order valence-corrected chi connectivity index (χ2v) is 9.25. The number of carbonyl (C=O) groups excluding carboxylic acids is 2. The Morgan fingerprint density at radius 2 is 1.78 bits per heavy atom. The molecule has 0 spiro atoms. The van der Waals surface area contributed by atoms with Gasteiger partial charge in [0.05, 0.1) is 6.54 Å². The van der Waals surface area contributed by atoms with Crippen LogP contribution in [-0.4, -0.2) is 34.2 Å². The van der Waals surface area contributed by atoms with E-state index in [-0.39, 0.29) is 23.7 Å². The number of hydrogen-bond donors (Lipinski definition) is 1. The van der Waals surface area contributed by atoms with Gasteiger partial charge in [0.25, 0.3) is 0 Å². The molecule has 1 heterocycles. The van der Waals surface area contributed by atoms with Gasteiger partial charge in [0.15, 0.2) is 0 Å². The first kappa shape index (κ1) is 20.7. The van der Waals surface area contributed by atoms with Gasteiger partial charge < -0.3 is 10.2 Å². The third-order valence-corrected chi connectivity index (χ3v) is 7.21. The zero-order valence-electron chi connectivity index (χ0n) is 16.1. The van der Waals surface area contributed by atoms with Crippen molar-refractivity contribution in [1.82, 2.24) is 10.2 Å². The molecule has 0 saturated heterocycles. The predicted octanol–water partition coefficient (Wildman–Crippen LogP) is 4.86. The lowest BCUT2D eigenvalue weighted by atomic mass is 9.78. The van der Waals surface area contributed by atoms with E-state index in [4.69, 9.17) is 11.6 Å². The average molecular weight is 411 g/mol. The lowest BCUT2D eigenvalue weighted by molar-refractivity contribution is -0.150. The Labute approximate surface area is 171 Å². The van der Waals surface area contributed by atoms with Crippen molar-refractivity contribution in [3.05, 3.63) is 22.4 Å². The quantitative estimate of drug-likeness (QED) is 0.537. The number of amides is 2. The molecule has 2 aliphatic carbocycles. The molecule has 2 amide bonds. The van der Waals surface area contributed by atoms with Gasteiger partial charge in [0.1, 0.15) is 11.4 Å². The van der Waals surface area contributed by atoms with Crippen molar-refractivity contribution >= 4 is 34.8 Å². The fraction of sp³-hybridized carbons (Fsp3) is 0.714. The number of hydrogen-bond acceptors (Lipinski definition) is 3. The first-order valence-electron chi connectivity index (χ1n) is 10.4. The molecule has 150 valence electrons. The normalized spacial score (nSPS) is 20.6. The standard InChI is InChI=1S/C21H31ClN2O2S/c22-15-19(25)24(16-18-11-8-14-27-18)21(12-6-3-7-13-21)20(26)23-17-9-4-1-2-5-10-17/h8,11,14,17H,1-7,9-10,12-13,15-16H2,(H,23,26). The molecule has 2 aliphatic rings. The lowest BCUT2D eigenvalue weighted by Gasteiger charge is -2.45. The van der Waals surface area contributed by atoms with Crippen LogP contribution in [-0.2, 0) is 16.1 Å². The maximum absolute atomic E-state index is 13.5. The van der Waals surface area contributed by atoms with E-state index in [0.29, 0.717) is 6.54 Å². The summed E-state index contributed by atoms with van der Waals surface area (Å²) >= 11 is 7.59. The minimum absolute atomic E-state index is 0.0455. The third kappa shape index (κ3) is 5.05. The van der Waals surface area contributed by atoms with Crippen LogP contribution in [0.5, 0.6) is 0 Å². The molecule has 0 aliphatic heterocycles. The molecular weight excluding hydrogens is 380 g/mol. The number of carbonyl (C=O) groups is 2. The summed E-state index contributed by atoms with van der Waals surface area (Å²) in [7, 11) is 0. The second-order valence-electron chi connectivity index (χ2n) is 7.95. The molecule has 2 fully saturated rings. The van der Waals surface area contributed by atoms with E-state index in [2.05, 4.69) is 5.32 Å². The molecule has 3 rings (SSSR count). The van der Waals surface area contributed by atoms with Gasteiger partial charge in [0, 0.05) is 10.9 Å². The van der Waals surface area contributed by atoms with Gasteiger partial charge >= 0.3 is 0 Å². The Bertz CT molecular complexity index is 606. The maximum Gasteiger partial charge on any atom is 0.246 e. The number of halogens is 1. The fourth-order valence-electron chi connectivity index (χ4n) is 4.61. The lowest BCUT2D eigenvalue weighted by Crippen LogP contribution is -2.62. The van der Waals surface area contributed by atoms with Gasteiger partial charge in [0.2, 0.25) is 11.8 Å². The monoisotopic (exact) mass is 410 g/mol. The summed E-state index contributed by atoms with van der Waals surface area (Å²) in [6.45, 7) is 0.474. The zero-order valence-corrected chi connectivity index (χ0v) is 17.6. The van der Waals surface area contributed by atoms with Crippen LogP contribution in [0.1, 0.15) is 75.5 Å². The van der Waals surface area contributed by atoms with E-state index in [1.807, 2.05) is 17.5 Å². The van der Waals surface area contributed by atoms with Gasteiger partial charge in [-0.2, -0.15) is 0 Å². The van der Waals surface area contributed by atoms with Crippen molar-refractivity contribution in [2.75, 3.05) is 5.88 Å². The molecule has 0 aromatic carbocycles. The Morgan fingerprint density at radius 1 is 1.11 bits per heavy atom. The molecule has 27 heavy (non-hydrogen) atoms. The van der Waals surface area contributed by atoms with Crippen molar-refractivity contribution in [2.24, 2.45) is 0 Å². The summed E-state index contributed by atoms with van der Waals surface area (Å²) in [4.78, 5) is 29.2. The van der Waals surface area contributed by atoms with Crippen LogP contribution in [0.3, 0.4) is 0 Å². The highest BCUT2D eigenvalue weighted by Crippen LogP contribution is 2.36. The summed E-state index contributed by atoms with van der Waals surface area (Å²) in [5.74, 6) is -0.170. The molecular formula is C21H31ClN2O2S. The van der Waals surface area contributed by atoms with E-state index < -0.39 is 5.54 Å². The van der Waals surface area contributed by atoms with E-state index in [0.717, 1.165) is 49.8 Å². The predicted molar refractivity (Wildman–Crippen MR) is 111 cm³/mol. The summed E-state index contributed by atoms with van der Waals surface area (Å²) < 4.78 is 0. The van der Waals surface area contributed by atoms with Crippen molar-refractivity contribution in [3.63, 3.8) is 0 Å². The van der Waals surface area contributed by atoms with Gasteiger partial charge in [-0.15, -0.1) is 22.9 Å². The molecule has 1 N–H and O–H groups in total. The first-order chi connectivity index (χ1) is 13.2. The van der Waals surface area contributed by atoms with E-state index in [9.17, 15) is 9.59 Å². The average Bonchev–Trinajstić information content (AvgIpc) is 3.09. The van der Waals surface area contributed by atoms with Gasteiger partial charge in [-0.25, -0.2) is 0 Å². The molecule has 0 unspecified atom stereocenters. The Balaban J connectivity index is 1.83. The maximum atomic E-state index is 13.5. The highest BCUT2D eigenvalue weighted by molar-refractivity contribution is 7.09. The fourth-order valence-corrected chi connectivity index (χ4v) is 5.45. The minimum atomic E-state index is -0.749. The van der Waals surface area contributed by atoms with E-state index >= 15 is 0 Å². The van der Waals surface area contributed by atoms with Crippen molar-refractivity contribution in [1.29, 1.82) is 0 Å². The Morgan fingerprint density at radius 3 is 2.37 bits per heavy atom. The summed E-state index contributed by atoms with van der Waals surface area (Å²) in [5, 5.41) is 5.35. The van der Waals surface area contributed by atoms with E-state index in [1.54, 1.807) is 16.2 Å². The number of alkyl halides is 1. The molecule has 4 nitrogen and oxygen atoms in total. The third-order valence-electron chi connectivity index (χ3n) is 6.12. The van der Waals surface area contributed by atoms with Crippen LogP contribution in [0, 0.1) is 0 Å². The van der Waals surface area contributed by atoms with Crippen LogP contribution < -0.4 is 5.32 Å². The molecule has 0 radical (unpaired) electrons. The summed E-state index contributed by atoms with van der Waals surface area (Å²) in [5.41, 5.74) is -0.749. The molecule has 1 aromatic heterocycles. The minimum Gasteiger partial charge on any atom is -0.351 e. The largest absolute Gasteiger partial charge is 0.351 e. The Kier molecular flexibility index (Phi) is 7.59. The smallest absolute Gasteiger partial charge is 0.246 e. The molecule has 1 aromatic rings. The number of nitrogens with one attached hydrogen (secondary N) is 1. The van der Waals surface area contributed by atoms with Crippen LogP contribution in [0.4, 0.5) is 0 Å². The van der Waals surface area contributed by atoms with Crippen LogP contribution in [0.25, 0.3) is 0 Å². The van der Waals surface area contributed by atoms with Crippen molar-refractivity contribution < 1.29 is 9.59 Å². The molecule has 2 saturated carbocycles. The first-order valence-corrected chi connectivity index (χ1v) is 11.8. The van der Waals surface area contributed by atoms with Crippen molar-refractivity contribution in [2.45, 2.75) is 88.8 Å². The summed E-state index contributed by atoms with van der Waals surface area (Å²) in [6, 6.07) is 4.26. The molecule has 0 bridgehead atoms. The second kappa shape index (κ2) is 9.92. The van der Waals surface area contributed by atoms with Gasteiger partial charge in [-0.05, 0) is 37.1 Å². The van der Waals surface area contributed by atoms with Crippen LogP contribution >= 0.6 is 22.9 Å². The van der Waals surface area contributed by atoms with E-state index in [1.165, 1.54) is 25.7 Å². The SMILES string of the molecule is O=C(CCl)N(Cc1cccs1)C1(C(=O)NC2CCCCCC2)CCCCC1. The highest BCUT2D eigenvalue weighted by atomic mass is 35.5. The Hall–Kier alpha value is -1.07. The number of thiophene rings is 1. The molecule has 0 atom stereocenters. The van der Waals surface area contributed by atoms with Crippen LogP contribution in [0.2, 0.25) is 0 Å².